The number of aliphatic hydroxyl groups is 3. The van der Waals surface area contributed by atoms with E-state index in [1.807, 2.05) is 165 Å². The first kappa shape index (κ1) is 105. The topological polar surface area (TPSA) is 304 Å². The molecular formula is C112H143ClN18O11. The number of halogens is 1. The minimum atomic E-state index is -0.570. The molecule has 11 aromatic rings. The average molecular weight is 1950 g/mol. The molecule has 9 heterocycles. The Morgan fingerprint density at radius 1 is 0.408 bits per heavy atom. The first-order valence-electron chi connectivity index (χ1n) is 51.1. The molecule has 754 valence electrons. The fourth-order valence-corrected chi connectivity index (χ4v) is 19.6. The first-order chi connectivity index (χ1) is 68.7. The molecule has 16 rings (SSSR count). The Bertz CT molecular complexity index is 6110. The molecule has 29 nitrogen and oxygen atoms in total. The van der Waals surface area contributed by atoms with Gasteiger partial charge < -0.3 is 69.1 Å². The van der Waals surface area contributed by atoms with Crippen LogP contribution in [0.5, 0.6) is 0 Å². The molecule has 0 bridgehead atoms. The summed E-state index contributed by atoms with van der Waals surface area (Å²) in [5, 5.41) is 52.8. The number of amides is 7. The quantitative estimate of drug-likeness (QED) is 0.0291. The number of nitrogens with one attached hydrogen (secondary N) is 1. The van der Waals surface area contributed by atoms with Crippen LogP contribution >= 0.6 is 11.6 Å². The van der Waals surface area contributed by atoms with Crippen LogP contribution in [-0.4, -0.2) is 266 Å². The van der Waals surface area contributed by atoms with Gasteiger partial charge in [0.1, 0.15) is 5.60 Å². The monoisotopic (exact) mass is 1950 g/mol. The zero-order valence-corrected chi connectivity index (χ0v) is 85.6. The molecular weight excluding hydrogens is 1810 g/mol. The maximum absolute atomic E-state index is 14.7. The van der Waals surface area contributed by atoms with E-state index in [0.29, 0.717) is 155 Å². The van der Waals surface area contributed by atoms with E-state index >= 15 is 0 Å². The Labute approximate surface area is 841 Å². The first-order valence-corrected chi connectivity index (χ1v) is 51.5. The van der Waals surface area contributed by atoms with Crippen LogP contribution in [-0.2, 0) is 43.6 Å². The van der Waals surface area contributed by atoms with Crippen molar-refractivity contribution in [3.8, 4) is 28.2 Å². The second kappa shape index (κ2) is 49.2. The fraction of sp³-hybridized carbons (Fsp3) is 0.455. The molecule has 2 saturated heterocycles. The van der Waals surface area contributed by atoms with Crippen LogP contribution in [0.1, 0.15) is 252 Å². The maximum Gasteiger partial charge on any atom is 0.410 e. The van der Waals surface area contributed by atoms with Gasteiger partial charge in [-0.05, 0) is 211 Å². The van der Waals surface area contributed by atoms with Crippen molar-refractivity contribution in [2.75, 3.05) is 126 Å². The minimum Gasteiger partial charge on any atom is -0.444 e. The number of para-hydroxylation sites is 1. The number of carbonyl (C=O) groups is 7. The number of aromatic nitrogens is 8. The van der Waals surface area contributed by atoms with Crippen LogP contribution < -0.4 is 14.7 Å². The molecule has 5 aliphatic rings. The highest BCUT2D eigenvalue weighted by atomic mass is 35.5. The highest BCUT2D eigenvalue weighted by Gasteiger charge is 2.39. The fourth-order valence-electron chi connectivity index (χ4n) is 19.4. The van der Waals surface area contributed by atoms with E-state index in [1.165, 1.54) is 5.69 Å². The molecule has 0 radical (unpaired) electrons. The predicted octanol–water partition coefficient (Wildman–Crippen LogP) is 17.8. The van der Waals surface area contributed by atoms with E-state index in [2.05, 4.69) is 115 Å². The van der Waals surface area contributed by atoms with Crippen molar-refractivity contribution in [3.05, 3.63) is 272 Å². The molecule has 2 fully saturated rings. The van der Waals surface area contributed by atoms with Gasteiger partial charge in [-0.2, -0.15) is 20.4 Å². The van der Waals surface area contributed by atoms with Gasteiger partial charge in [0.05, 0.1) is 88.6 Å². The van der Waals surface area contributed by atoms with Crippen molar-refractivity contribution in [2.45, 2.75) is 223 Å². The van der Waals surface area contributed by atoms with E-state index in [1.54, 1.807) is 59.0 Å². The Morgan fingerprint density at radius 3 is 1.13 bits per heavy atom. The van der Waals surface area contributed by atoms with Gasteiger partial charge in [-0.25, -0.2) is 18.8 Å². The van der Waals surface area contributed by atoms with Gasteiger partial charge in [0.25, 0.3) is 35.4 Å². The number of aromatic amines is 1. The Hall–Kier alpha value is -13.0. The summed E-state index contributed by atoms with van der Waals surface area (Å²) in [7, 11) is 0. The molecule has 7 amide bonds. The molecule has 30 heteroatoms. The predicted molar refractivity (Wildman–Crippen MR) is 558 cm³/mol. The van der Waals surface area contributed by atoms with E-state index in [9.17, 15) is 48.9 Å². The molecule has 3 atom stereocenters. The Kier molecular flexibility index (Phi) is 36.3. The maximum atomic E-state index is 14.7. The average Bonchev–Trinajstić information content (AvgIpc) is 1.40. The number of hydrogen-bond donors (Lipinski definition) is 4. The van der Waals surface area contributed by atoms with E-state index in [0.717, 1.165) is 170 Å². The zero-order valence-electron chi connectivity index (χ0n) is 84.9. The van der Waals surface area contributed by atoms with Gasteiger partial charge in [0.2, 0.25) is 0 Å². The number of H-pyrrole nitrogens is 1. The SMILES string of the molecule is CCCCN(CCCC)C(=O)c1cc(C)n(-c2ccc(N3CCN(C(=O)OC(C)(C)C)CC3)cc2C(=O)N2Cc3ccccc3C[C@H]2CO)n1.CCCCN(CCCC)C(=O)c1cc(C)n(-c2ccc(N3CCN(c4ccccc4)CC3)cc2C(=O)N2Cc3ccccc3C[C@H]2CO)n1.CCCCN(CCCC)C(=O)c1nn(-c2ccc(-c3cn[nH]c3)cc2C(=O)N2Cc3ccccc3C[C@H]2CO)c(C)c1Cl. The van der Waals surface area contributed by atoms with Crippen LogP contribution in [0.15, 0.2) is 182 Å². The number of anilines is 3. The van der Waals surface area contributed by atoms with Crippen molar-refractivity contribution in [3.63, 3.8) is 0 Å². The summed E-state index contributed by atoms with van der Waals surface area (Å²) < 4.78 is 10.6. The third kappa shape index (κ3) is 24.8. The number of nitrogens with zero attached hydrogens (tertiary/aromatic N) is 17. The number of ether oxygens (including phenoxy) is 1. The van der Waals surface area contributed by atoms with E-state index in [-0.39, 0.29) is 90.2 Å². The van der Waals surface area contributed by atoms with Crippen molar-refractivity contribution < 1.29 is 53.6 Å². The lowest BCUT2D eigenvalue weighted by Gasteiger charge is -2.38. The smallest absolute Gasteiger partial charge is 0.410 e. The highest BCUT2D eigenvalue weighted by Crippen LogP contribution is 2.38. The molecule has 4 aromatic heterocycles. The Balaban J connectivity index is 0.000000170. The van der Waals surface area contributed by atoms with Crippen LogP contribution in [0.4, 0.5) is 21.9 Å². The molecule has 5 aliphatic heterocycles. The molecule has 142 heavy (non-hydrogen) atoms. The number of aliphatic hydroxyl groups excluding tert-OH is 3. The summed E-state index contributed by atoms with van der Waals surface area (Å²) in [6.07, 6.45) is 16.3. The number of piperazine rings is 2. The lowest BCUT2D eigenvalue weighted by atomic mass is 9.93. The van der Waals surface area contributed by atoms with Crippen LogP contribution in [0.25, 0.3) is 28.2 Å². The summed E-state index contributed by atoms with van der Waals surface area (Å²) in [6, 6.07) is 54.6. The Morgan fingerprint density at radius 2 is 0.761 bits per heavy atom. The van der Waals surface area contributed by atoms with Gasteiger partial charge in [0.15, 0.2) is 17.1 Å². The molecule has 0 unspecified atom stereocenters. The minimum absolute atomic E-state index is 0.0717. The van der Waals surface area contributed by atoms with Gasteiger partial charge >= 0.3 is 6.09 Å². The van der Waals surface area contributed by atoms with Crippen LogP contribution in [0.3, 0.4) is 0 Å². The number of aryl methyl sites for hydroxylation is 2. The van der Waals surface area contributed by atoms with Crippen LogP contribution in [0, 0.1) is 20.8 Å². The number of benzene rings is 7. The molecule has 7 aromatic carbocycles. The summed E-state index contributed by atoms with van der Waals surface area (Å²) in [5.41, 5.74) is 16.9. The molecule has 4 N–H and O–H groups in total. The number of rotatable bonds is 34. The van der Waals surface area contributed by atoms with Crippen molar-refractivity contribution in [1.29, 1.82) is 0 Å². The number of carbonyl (C=O) groups excluding carboxylic acids is 7. The summed E-state index contributed by atoms with van der Waals surface area (Å²) in [6.45, 7) is 34.2. The van der Waals surface area contributed by atoms with Crippen molar-refractivity contribution in [2.24, 2.45) is 0 Å². The second-order valence-electron chi connectivity index (χ2n) is 38.9. The second-order valence-corrected chi connectivity index (χ2v) is 39.3. The van der Waals surface area contributed by atoms with E-state index < -0.39 is 5.60 Å². The van der Waals surface area contributed by atoms with Gasteiger partial charge in [-0.3, -0.25) is 33.9 Å². The lowest BCUT2D eigenvalue weighted by molar-refractivity contribution is 0.0239. The largest absolute Gasteiger partial charge is 0.444 e. The lowest BCUT2D eigenvalue weighted by Crippen LogP contribution is -2.50. The van der Waals surface area contributed by atoms with Crippen molar-refractivity contribution in [1.82, 2.24) is 73.8 Å². The number of hydrogen-bond acceptors (Lipinski definition) is 18. The number of unbranched alkanes of at least 4 members (excludes halogenated alkanes) is 6. The number of fused-ring (bicyclic) bond motifs is 3. The highest BCUT2D eigenvalue weighted by molar-refractivity contribution is 6.34. The van der Waals surface area contributed by atoms with Gasteiger partial charge in [-0.1, -0.05) is 189 Å². The van der Waals surface area contributed by atoms with Crippen LogP contribution in [0.2, 0.25) is 5.02 Å². The molecule has 0 saturated carbocycles. The van der Waals surface area contributed by atoms with Gasteiger partial charge in [0, 0.05) is 151 Å². The normalized spacial score (nSPS) is 15.7. The third-order valence-electron chi connectivity index (χ3n) is 27.7. The zero-order chi connectivity index (χ0) is 101. The molecule has 0 aliphatic carbocycles. The summed E-state index contributed by atoms with van der Waals surface area (Å²) in [5.74, 6) is -0.974. The van der Waals surface area contributed by atoms with Crippen molar-refractivity contribution >= 4 is 70.2 Å². The van der Waals surface area contributed by atoms with E-state index in [4.69, 9.17) is 31.6 Å². The standard InChI is InChI=1S/C40H50N6O3.C39H54N6O5.C33H39ClN6O3/c1-4-6-19-44(20-7-5-2)40(49)37-25-30(3)46(41-37)38-18-17-34(43-23-21-42(22-24-43)33-15-9-8-10-16-33)27-36(38)39(48)45-28-32-14-12-11-13-31(32)26-35(45)29-47;1-7-9-17-42(18-10-8-2)37(48)34-23-28(3)45(40-34)35-16-15-31(41-19-21-43(22-20-41)38(49)50-39(4,5)6)25-33(35)36(47)44-26-30-14-12-11-13-29(30)24-32(44)27-46;1-4-6-14-38(15-7-5-2)33(43)31-30(34)22(3)40(37-31)29-13-12-24(26-18-35-36-19-26)17-28(29)32(42)39-20-25-11-9-8-10-23(25)16-27(39)21-41/h8-18,25,27,35,47H,4-7,19-24,26,28-29H2,1-3H3;11-16,23,25,32,46H,7-10,17-22,24,26-27H2,1-6H3;8-13,17-19,27,41H,4-7,14-16,20-21H2,1-3H3,(H,35,36)/t35-;32-;27-/m000/s1. The summed E-state index contributed by atoms with van der Waals surface area (Å²) >= 11 is 6.79. The molecule has 0 spiro atoms. The van der Waals surface area contributed by atoms with Gasteiger partial charge in [-0.15, -0.1) is 0 Å². The third-order valence-corrected chi connectivity index (χ3v) is 28.2. The summed E-state index contributed by atoms with van der Waals surface area (Å²) in [4.78, 5) is 117.